The fourth-order valence-electron chi connectivity index (χ4n) is 3.35. The predicted octanol–water partition coefficient (Wildman–Crippen LogP) is 4.88. The second-order valence-corrected chi connectivity index (χ2v) is 6.56. The van der Waals surface area contributed by atoms with E-state index in [2.05, 4.69) is 10.5 Å². The number of aryl methyl sites for hydroxylation is 2. The monoisotopic (exact) mass is 347 g/mol. The number of urea groups is 1. The van der Waals surface area contributed by atoms with Gasteiger partial charge in [-0.2, -0.15) is 0 Å². The summed E-state index contributed by atoms with van der Waals surface area (Å²) < 4.78 is 5.41. The summed E-state index contributed by atoms with van der Waals surface area (Å²) in [6.07, 6.45) is 2.67. The molecular weight excluding hydrogens is 326 g/mol. The molecule has 0 unspecified atom stereocenters. The Balaban J connectivity index is 1.84. The van der Waals surface area contributed by atoms with E-state index in [1.807, 2.05) is 43.9 Å². The van der Waals surface area contributed by atoms with E-state index in [0.717, 1.165) is 54.1 Å². The molecule has 1 saturated heterocycles. The lowest BCUT2D eigenvalue weighted by molar-refractivity contribution is 0.206. The van der Waals surface area contributed by atoms with Crippen LogP contribution in [0.4, 0.5) is 10.5 Å². The van der Waals surface area contributed by atoms with Crippen LogP contribution in [0.25, 0.3) is 0 Å². The van der Waals surface area contributed by atoms with Gasteiger partial charge in [-0.15, -0.1) is 0 Å². The van der Waals surface area contributed by atoms with Gasteiger partial charge in [0.15, 0.2) is 0 Å². The van der Waals surface area contributed by atoms with Crippen LogP contribution < -0.4 is 5.32 Å². The van der Waals surface area contributed by atoms with Crippen LogP contribution in [0.5, 0.6) is 0 Å². The molecule has 128 valence electrons. The SMILES string of the molecule is CCc1onc(C)c1[C@H]1CCCN1C(=O)Nc1cccc(Cl)c1C. The lowest BCUT2D eigenvalue weighted by Gasteiger charge is -2.25. The predicted molar refractivity (Wildman–Crippen MR) is 94.5 cm³/mol. The molecule has 1 fully saturated rings. The highest BCUT2D eigenvalue weighted by atomic mass is 35.5. The number of carbonyl (C=O) groups excluding carboxylic acids is 1. The molecule has 0 aliphatic carbocycles. The van der Waals surface area contributed by atoms with E-state index < -0.39 is 0 Å². The van der Waals surface area contributed by atoms with Crippen LogP contribution in [0.3, 0.4) is 0 Å². The van der Waals surface area contributed by atoms with E-state index >= 15 is 0 Å². The van der Waals surface area contributed by atoms with Crippen LogP contribution >= 0.6 is 11.6 Å². The van der Waals surface area contributed by atoms with Crippen LogP contribution in [0, 0.1) is 13.8 Å². The van der Waals surface area contributed by atoms with E-state index in [-0.39, 0.29) is 12.1 Å². The third-order valence-electron chi connectivity index (χ3n) is 4.66. The zero-order valence-electron chi connectivity index (χ0n) is 14.2. The third kappa shape index (κ3) is 3.00. The van der Waals surface area contributed by atoms with Crippen molar-refractivity contribution in [3.8, 4) is 0 Å². The van der Waals surface area contributed by atoms with Gasteiger partial charge >= 0.3 is 6.03 Å². The normalized spacial score (nSPS) is 17.3. The number of halogens is 1. The molecular formula is C18H22ClN3O2. The van der Waals surface area contributed by atoms with Crippen LogP contribution in [0.1, 0.15) is 48.4 Å². The first kappa shape index (κ1) is 16.8. The summed E-state index contributed by atoms with van der Waals surface area (Å²) in [5, 5.41) is 7.73. The first-order valence-corrected chi connectivity index (χ1v) is 8.68. The Morgan fingerprint density at radius 2 is 2.25 bits per heavy atom. The van der Waals surface area contributed by atoms with Gasteiger partial charge in [-0.1, -0.05) is 29.7 Å². The van der Waals surface area contributed by atoms with Crippen molar-refractivity contribution >= 4 is 23.3 Å². The molecule has 6 heteroatoms. The Bertz CT molecular complexity index is 757. The van der Waals surface area contributed by atoms with Crippen molar-refractivity contribution in [2.45, 2.75) is 46.1 Å². The number of rotatable bonds is 3. The number of carbonyl (C=O) groups is 1. The van der Waals surface area contributed by atoms with E-state index in [1.54, 1.807) is 0 Å². The molecule has 0 radical (unpaired) electrons. The fraction of sp³-hybridized carbons (Fsp3) is 0.444. The summed E-state index contributed by atoms with van der Waals surface area (Å²) >= 11 is 6.14. The molecule has 0 spiro atoms. The maximum absolute atomic E-state index is 12.8. The van der Waals surface area contributed by atoms with Crippen molar-refractivity contribution in [1.29, 1.82) is 0 Å². The van der Waals surface area contributed by atoms with Crippen molar-refractivity contribution in [3.05, 3.63) is 45.8 Å². The van der Waals surface area contributed by atoms with Gasteiger partial charge in [0.1, 0.15) is 5.76 Å². The molecule has 2 amide bonds. The second-order valence-electron chi connectivity index (χ2n) is 6.15. The number of aromatic nitrogens is 1. The summed E-state index contributed by atoms with van der Waals surface area (Å²) in [6, 6.07) is 5.44. The van der Waals surface area contributed by atoms with Crippen molar-refractivity contribution in [2.24, 2.45) is 0 Å². The van der Waals surface area contributed by atoms with Gasteiger partial charge in [0, 0.05) is 29.2 Å². The molecule has 1 aromatic heterocycles. The fourth-order valence-corrected chi connectivity index (χ4v) is 3.52. The topological polar surface area (TPSA) is 58.4 Å². The van der Waals surface area contributed by atoms with Crippen molar-refractivity contribution < 1.29 is 9.32 Å². The van der Waals surface area contributed by atoms with Gasteiger partial charge in [0.05, 0.1) is 11.7 Å². The summed E-state index contributed by atoms with van der Waals surface area (Å²) in [6.45, 7) is 6.61. The molecule has 24 heavy (non-hydrogen) atoms. The van der Waals surface area contributed by atoms with Crippen LogP contribution in [0.2, 0.25) is 5.02 Å². The van der Waals surface area contributed by atoms with Gasteiger partial charge in [-0.25, -0.2) is 4.79 Å². The zero-order chi connectivity index (χ0) is 17.3. The molecule has 2 aromatic rings. The summed E-state index contributed by atoms with van der Waals surface area (Å²) in [5.74, 6) is 0.871. The van der Waals surface area contributed by atoms with Crippen LogP contribution in [-0.4, -0.2) is 22.6 Å². The Hall–Kier alpha value is -2.01. The molecule has 1 aliphatic rings. The minimum atomic E-state index is -0.106. The Morgan fingerprint density at radius 3 is 3.00 bits per heavy atom. The Labute approximate surface area is 147 Å². The van der Waals surface area contributed by atoms with Crippen molar-refractivity contribution in [1.82, 2.24) is 10.1 Å². The number of anilines is 1. The number of nitrogens with one attached hydrogen (secondary N) is 1. The van der Waals surface area contributed by atoms with Gasteiger partial charge in [0.25, 0.3) is 0 Å². The summed E-state index contributed by atoms with van der Waals surface area (Å²) in [5.41, 5.74) is 3.55. The van der Waals surface area contributed by atoms with Crippen molar-refractivity contribution in [2.75, 3.05) is 11.9 Å². The number of likely N-dealkylation sites (tertiary alicyclic amines) is 1. The minimum absolute atomic E-state index is 0.0192. The van der Waals surface area contributed by atoms with E-state index in [1.165, 1.54) is 0 Å². The maximum atomic E-state index is 12.8. The molecule has 1 aliphatic heterocycles. The van der Waals surface area contributed by atoms with Gasteiger partial charge in [-0.05, 0) is 44.4 Å². The first-order chi connectivity index (χ1) is 11.5. The van der Waals surface area contributed by atoms with E-state index in [0.29, 0.717) is 5.02 Å². The highest BCUT2D eigenvalue weighted by molar-refractivity contribution is 6.31. The van der Waals surface area contributed by atoms with Gasteiger partial charge < -0.3 is 14.7 Å². The van der Waals surface area contributed by atoms with Crippen molar-refractivity contribution in [3.63, 3.8) is 0 Å². The quantitative estimate of drug-likeness (QED) is 0.861. The van der Waals surface area contributed by atoms with Gasteiger partial charge in [0.2, 0.25) is 0 Å². The molecule has 0 bridgehead atoms. The molecule has 1 N–H and O–H groups in total. The maximum Gasteiger partial charge on any atom is 0.322 e. The molecule has 2 heterocycles. The highest BCUT2D eigenvalue weighted by Crippen LogP contribution is 2.36. The Kier molecular flexibility index (Phi) is 4.81. The smallest absolute Gasteiger partial charge is 0.322 e. The molecule has 5 nitrogen and oxygen atoms in total. The molecule has 1 aromatic carbocycles. The van der Waals surface area contributed by atoms with Crippen LogP contribution in [0.15, 0.2) is 22.7 Å². The summed E-state index contributed by atoms with van der Waals surface area (Å²) in [7, 11) is 0. The summed E-state index contributed by atoms with van der Waals surface area (Å²) in [4.78, 5) is 14.7. The standard InChI is InChI=1S/C18H22ClN3O2/c1-4-16-17(12(3)21-24-16)15-9-6-10-22(15)18(23)20-14-8-5-7-13(19)11(14)2/h5,7-8,15H,4,6,9-10H2,1-3H3,(H,20,23)/t15-/m1/s1. The van der Waals surface area contributed by atoms with Crippen LogP contribution in [-0.2, 0) is 6.42 Å². The highest BCUT2D eigenvalue weighted by Gasteiger charge is 2.34. The van der Waals surface area contributed by atoms with Gasteiger partial charge in [-0.3, -0.25) is 0 Å². The molecule has 3 rings (SSSR count). The molecule has 0 saturated carbocycles. The lowest BCUT2D eigenvalue weighted by Crippen LogP contribution is -2.35. The Morgan fingerprint density at radius 1 is 1.46 bits per heavy atom. The number of hydrogen-bond donors (Lipinski definition) is 1. The third-order valence-corrected chi connectivity index (χ3v) is 5.07. The zero-order valence-corrected chi connectivity index (χ0v) is 15.0. The second kappa shape index (κ2) is 6.85. The average molecular weight is 348 g/mol. The number of hydrogen-bond acceptors (Lipinski definition) is 3. The average Bonchev–Trinajstić information content (AvgIpc) is 3.17. The number of amides is 2. The molecule has 1 atom stereocenters. The lowest BCUT2D eigenvalue weighted by atomic mass is 10.0. The van der Waals surface area contributed by atoms with E-state index in [4.69, 9.17) is 16.1 Å². The number of nitrogens with zero attached hydrogens (tertiary/aromatic N) is 2. The minimum Gasteiger partial charge on any atom is -0.361 e. The first-order valence-electron chi connectivity index (χ1n) is 8.30. The number of benzene rings is 1. The van der Waals surface area contributed by atoms with E-state index in [9.17, 15) is 4.79 Å². The largest absolute Gasteiger partial charge is 0.361 e.